The van der Waals surface area contributed by atoms with E-state index in [1.807, 2.05) is 30.3 Å². The number of benzene rings is 1. The molecule has 1 aromatic carbocycles. The monoisotopic (exact) mass is 259 g/mol. The predicted octanol–water partition coefficient (Wildman–Crippen LogP) is 1.66. The molecule has 2 N–H and O–H groups in total. The summed E-state index contributed by atoms with van der Waals surface area (Å²) >= 11 is 0. The van der Waals surface area contributed by atoms with Gasteiger partial charge in [-0.2, -0.15) is 0 Å². The summed E-state index contributed by atoms with van der Waals surface area (Å²) in [6.07, 6.45) is 0.728. The van der Waals surface area contributed by atoms with Crippen molar-refractivity contribution < 1.29 is 19.8 Å². The summed E-state index contributed by atoms with van der Waals surface area (Å²) in [5, 5.41) is 18.8. The van der Waals surface area contributed by atoms with Crippen LogP contribution in [0, 0.1) is 5.92 Å². The summed E-state index contributed by atoms with van der Waals surface area (Å²) in [5.74, 6) is -1.11. The standard InChI is InChI=1S/C14H13NO4/c16-12-6-7-13(17)15(12)19-14(18)11-8-10(11)9-4-2-1-3-5-9/h1-7,10-11,16-17H,8H2. The van der Waals surface area contributed by atoms with E-state index >= 15 is 0 Å². The van der Waals surface area contributed by atoms with Crippen LogP contribution < -0.4 is 4.84 Å². The van der Waals surface area contributed by atoms with Gasteiger partial charge in [0.1, 0.15) is 0 Å². The Balaban J connectivity index is 1.68. The van der Waals surface area contributed by atoms with Crippen LogP contribution in [0.15, 0.2) is 42.5 Å². The van der Waals surface area contributed by atoms with Crippen LogP contribution >= 0.6 is 0 Å². The van der Waals surface area contributed by atoms with Crippen molar-refractivity contribution in [3.63, 3.8) is 0 Å². The third-order valence-corrected chi connectivity index (χ3v) is 3.30. The van der Waals surface area contributed by atoms with Crippen molar-refractivity contribution in [2.24, 2.45) is 5.92 Å². The number of hydrogen-bond donors (Lipinski definition) is 2. The molecule has 1 saturated carbocycles. The second-order valence-electron chi connectivity index (χ2n) is 4.61. The van der Waals surface area contributed by atoms with E-state index in [2.05, 4.69) is 0 Å². The van der Waals surface area contributed by atoms with Gasteiger partial charge in [-0.25, -0.2) is 4.79 Å². The molecule has 0 radical (unpaired) electrons. The minimum atomic E-state index is -0.448. The number of carbonyl (C=O) groups is 1. The quantitative estimate of drug-likeness (QED) is 0.879. The molecule has 0 spiro atoms. The number of hydrogen-bond acceptors (Lipinski definition) is 4. The highest BCUT2D eigenvalue weighted by Crippen LogP contribution is 2.47. The molecular weight excluding hydrogens is 246 g/mol. The van der Waals surface area contributed by atoms with Gasteiger partial charge in [0.05, 0.1) is 5.92 Å². The van der Waals surface area contributed by atoms with E-state index in [1.165, 1.54) is 12.1 Å². The molecule has 2 aromatic rings. The molecule has 98 valence electrons. The molecule has 2 atom stereocenters. The Morgan fingerprint density at radius 2 is 1.74 bits per heavy atom. The van der Waals surface area contributed by atoms with Gasteiger partial charge in [-0.3, -0.25) is 0 Å². The first-order valence-corrected chi connectivity index (χ1v) is 6.03. The topological polar surface area (TPSA) is 71.7 Å². The molecule has 5 heteroatoms. The van der Waals surface area contributed by atoms with Crippen molar-refractivity contribution in [1.82, 2.24) is 4.73 Å². The molecule has 0 bridgehead atoms. The Morgan fingerprint density at radius 1 is 1.11 bits per heavy atom. The molecule has 1 aliphatic carbocycles. The van der Waals surface area contributed by atoms with Gasteiger partial charge in [-0.15, -0.1) is 4.73 Å². The van der Waals surface area contributed by atoms with Crippen molar-refractivity contribution in [3.05, 3.63) is 48.0 Å². The molecular formula is C14H13NO4. The molecule has 19 heavy (non-hydrogen) atoms. The Hall–Kier alpha value is -2.43. The lowest BCUT2D eigenvalue weighted by Gasteiger charge is -2.06. The number of carbonyl (C=O) groups excluding carboxylic acids is 1. The minimum Gasteiger partial charge on any atom is -0.492 e. The third-order valence-electron chi connectivity index (χ3n) is 3.30. The number of aromatic hydroxyl groups is 2. The van der Waals surface area contributed by atoms with E-state index < -0.39 is 5.97 Å². The first kappa shape index (κ1) is 11.6. The molecule has 1 aromatic heterocycles. The van der Waals surface area contributed by atoms with E-state index in [0.717, 1.165) is 16.7 Å². The number of nitrogens with zero attached hydrogens (tertiary/aromatic N) is 1. The Kier molecular flexibility index (Phi) is 2.67. The van der Waals surface area contributed by atoms with E-state index in [4.69, 9.17) is 4.84 Å². The largest absolute Gasteiger partial charge is 0.492 e. The second kappa shape index (κ2) is 4.35. The lowest BCUT2D eigenvalue weighted by Crippen LogP contribution is -2.21. The zero-order chi connectivity index (χ0) is 13.4. The lowest BCUT2D eigenvalue weighted by molar-refractivity contribution is -0.147. The minimum absolute atomic E-state index is 0.161. The maximum Gasteiger partial charge on any atom is 0.336 e. The van der Waals surface area contributed by atoms with Gasteiger partial charge in [0, 0.05) is 12.1 Å². The highest BCUT2D eigenvalue weighted by Gasteiger charge is 2.46. The van der Waals surface area contributed by atoms with Crippen molar-refractivity contribution in [2.75, 3.05) is 0 Å². The predicted molar refractivity (Wildman–Crippen MR) is 66.6 cm³/mol. The molecule has 1 heterocycles. The SMILES string of the molecule is O=C(On1c(O)ccc1O)C1CC1c1ccccc1. The van der Waals surface area contributed by atoms with Crippen molar-refractivity contribution in [1.29, 1.82) is 0 Å². The summed E-state index contributed by atoms with van der Waals surface area (Å²) in [7, 11) is 0. The van der Waals surface area contributed by atoms with Gasteiger partial charge in [-0.05, 0) is 17.9 Å². The average Bonchev–Trinajstić information content (AvgIpc) is 3.17. The molecule has 0 saturated heterocycles. The van der Waals surface area contributed by atoms with Crippen molar-refractivity contribution in [3.8, 4) is 11.8 Å². The van der Waals surface area contributed by atoms with Crippen LogP contribution in [0.25, 0.3) is 0 Å². The van der Waals surface area contributed by atoms with Gasteiger partial charge >= 0.3 is 5.97 Å². The summed E-state index contributed by atoms with van der Waals surface area (Å²) in [6.45, 7) is 0. The van der Waals surface area contributed by atoms with Crippen LogP contribution in [0.4, 0.5) is 0 Å². The van der Waals surface area contributed by atoms with Crippen molar-refractivity contribution in [2.45, 2.75) is 12.3 Å². The summed E-state index contributed by atoms with van der Waals surface area (Å²) in [5.41, 5.74) is 1.10. The zero-order valence-corrected chi connectivity index (χ0v) is 10.1. The Bertz CT molecular complexity index is 586. The summed E-state index contributed by atoms with van der Waals surface area (Å²) in [6, 6.07) is 12.2. The molecule has 1 fully saturated rings. The van der Waals surface area contributed by atoms with Crippen LogP contribution in [0.1, 0.15) is 17.9 Å². The Morgan fingerprint density at radius 3 is 2.37 bits per heavy atom. The van der Waals surface area contributed by atoms with Crippen molar-refractivity contribution >= 4 is 5.97 Å². The first-order valence-electron chi connectivity index (χ1n) is 6.03. The molecule has 2 unspecified atom stereocenters. The molecule has 3 rings (SSSR count). The van der Waals surface area contributed by atoms with Crippen LogP contribution in [0.2, 0.25) is 0 Å². The summed E-state index contributed by atoms with van der Waals surface area (Å²) < 4.78 is 0.725. The highest BCUT2D eigenvalue weighted by atomic mass is 16.7. The van der Waals surface area contributed by atoms with E-state index in [-0.39, 0.29) is 23.6 Å². The van der Waals surface area contributed by atoms with Crippen LogP contribution in [0.5, 0.6) is 11.8 Å². The van der Waals surface area contributed by atoms with E-state index in [0.29, 0.717) is 0 Å². The lowest BCUT2D eigenvalue weighted by atomic mass is 10.1. The van der Waals surface area contributed by atoms with Crippen LogP contribution in [-0.4, -0.2) is 20.9 Å². The normalized spacial score (nSPS) is 21.1. The fourth-order valence-corrected chi connectivity index (χ4v) is 2.18. The second-order valence-corrected chi connectivity index (χ2v) is 4.61. The number of rotatable bonds is 3. The molecule has 1 aliphatic rings. The molecule has 0 amide bonds. The maximum atomic E-state index is 11.9. The molecule has 5 nitrogen and oxygen atoms in total. The van der Waals surface area contributed by atoms with Crippen LogP contribution in [-0.2, 0) is 4.79 Å². The van der Waals surface area contributed by atoms with E-state index in [9.17, 15) is 15.0 Å². The van der Waals surface area contributed by atoms with Gasteiger partial charge in [0.15, 0.2) is 0 Å². The average molecular weight is 259 g/mol. The van der Waals surface area contributed by atoms with Crippen LogP contribution in [0.3, 0.4) is 0 Å². The zero-order valence-electron chi connectivity index (χ0n) is 10.1. The fraction of sp³-hybridized carbons (Fsp3) is 0.214. The molecule has 0 aliphatic heterocycles. The first-order chi connectivity index (χ1) is 9.16. The van der Waals surface area contributed by atoms with Gasteiger partial charge < -0.3 is 15.1 Å². The van der Waals surface area contributed by atoms with Gasteiger partial charge in [0.2, 0.25) is 11.8 Å². The fourth-order valence-electron chi connectivity index (χ4n) is 2.18. The Labute approximate surface area is 109 Å². The van der Waals surface area contributed by atoms with Gasteiger partial charge in [-0.1, -0.05) is 30.3 Å². The number of aromatic nitrogens is 1. The summed E-state index contributed by atoms with van der Waals surface area (Å²) in [4.78, 5) is 16.9. The van der Waals surface area contributed by atoms with Gasteiger partial charge in [0.25, 0.3) is 0 Å². The smallest absolute Gasteiger partial charge is 0.336 e. The third kappa shape index (κ3) is 2.14. The van der Waals surface area contributed by atoms with E-state index in [1.54, 1.807) is 0 Å². The highest BCUT2D eigenvalue weighted by molar-refractivity contribution is 5.77. The maximum absolute atomic E-state index is 11.9.